The summed E-state index contributed by atoms with van der Waals surface area (Å²) < 4.78 is 16.7. The molecule has 0 rings (SSSR count). The van der Waals surface area contributed by atoms with E-state index in [0.717, 1.165) is 148 Å². The highest BCUT2D eigenvalue weighted by molar-refractivity contribution is 5.71. The molecule has 352 valence electrons. The Bertz CT molecular complexity index is 1420. The maximum Gasteiger partial charge on any atom is 0.306 e. The van der Waals surface area contributed by atoms with E-state index in [9.17, 15) is 14.4 Å². The first-order chi connectivity index (χ1) is 31.0. The van der Waals surface area contributed by atoms with Crippen molar-refractivity contribution >= 4 is 17.9 Å². The van der Waals surface area contributed by atoms with Crippen molar-refractivity contribution < 1.29 is 28.6 Å². The molecule has 0 fully saturated rings. The van der Waals surface area contributed by atoms with Crippen molar-refractivity contribution in [3.63, 3.8) is 0 Å². The molecule has 0 aromatic carbocycles. The fraction of sp³-hybridized carbons (Fsp3) is 0.561. The van der Waals surface area contributed by atoms with Gasteiger partial charge in [0.1, 0.15) is 13.2 Å². The average Bonchev–Trinajstić information content (AvgIpc) is 3.28. The predicted molar refractivity (Wildman–Crippen MR) is 269 cm³/mol. The normalized spacial score (nSPS) is 13.3. The zero-order valence-electron chi connectivity index (χ0n) is 40.0. The van der Waals surface area contributed by atoms with Gasteiger partial charge in [0.15, 0.2) is 6.10 Å². The highest BCUT2D eigenvalue weighted by Gasteiger charge is 2.19. The molecule has 1 unspecified atom stereocenters. The lowest BCUT2D eigenvalue weighted by atomic mass is 10.1. The molecule has 6 nitrogen and oxygen atoms in total. The van der Waals surface area contributed by atoms with Crippen LogP contribution in [0.1, 0.15) is 188 Å². The van der Waals surface area contributed by atoms with Gasteiger partial charge in [-0.25, -0.2) is 0 Å². The van der Waals surface area contributed by atoms with Crippen LogP contribution in [0.4, 0.5) is 0 Å². The molecule has 1 atom stereocenters. The number of esters is 3. The largest absolute Gasteiger partial charge is 0.462 e. The number of allylic oxidation sites excluding steroid dienone is 22. The molecular formula is C57H88O6. The molecule has 0 aliphatic carbocycles. The number of carbonyl (C=O) groups excluding carboxylic acids is 3. The summed E-state index contributed by atoms with van der Waals surface area (Å²) in [6, 6.07) is 0. The minimum absolute atomic E-state index is 0.115. The zero-order chi connectivity index (χ0) is 45.8. The molecule has 0 radical (unpaired) electrons. The summed E-state index contributed by atoms with van der Waals surface area (Å²) in [5.41, 5.74) is 0. The summed E-state index contributed by atoms with van der Waals surface area (Å²) >= 11 is 0. The van der Waals surface area contributed by atoms with Crippen molar-refractivity contribution in [3.05, 3.63) is 134 Å². The van der Waals surface area contributed by atoms with Gasteiger partial charge in [0.25, 0.3) is 0 Å². The lowest BCUT2D eigenvalue weighted by Gasteiger charge is -2.18. The van der Waals surface area contributed by atoms with E-state index in [2.05, 4.69) is 130 Å². The topological polar surface area (TPSA) is 78.9 Å². The number of rotatable bonds is 42. The maximum absolute atomic E-state index is 12.8. The zero-order valence-corrected chi connectivity index (χ0v) is 40.0. The van der Waals surface area contributed by atoms with Gasteiger partial charge in [0, 0.05) is 19.3 Å². The molecule has 0 bridgehead atoms. The number of ether oxygens (including phenoxy) is 3. The van der Waals surface area contributed by atoms with Crippen LogP contribution in [0.25, 0.3) is 0 Å². The number of unbranched alkanes of at least 4 members (excludes halogenated alkanes) is 12. The third-order valence-electron chi connectivity index (χ3n) is 9.73. The van der Waals surface area contributed by atoms with Gasteiger partial charge in [0.05, 0.1) is 0 Å². The van der Waals surface area contributed by atoms with Crippen molar-refractivity contribution in [1.82, 2.24) is 0 Å². The Morgan fingerprint density at radius 3 is 1.10 bits per heavy atom. The van der Waals surface area contributed by atoms with Crippen molar-refractivity contribution in [2.75, 3.05) is 13.2 Å². The van der Waals surface area contributed by atoms with Crippen molar-refractivity contribution in [1.29, 1.82) is 0 Å². The molecule has 6 heteroatoms. The molecule has 0 aromatic heterocycles. The molecule has 0 spiro atoms. The Hall–Kier alpha value is -4.45. The van der Waals surface area contributed by atoms with E-state index in [1.54, 1.807) is 0 Å². The van der Waals surface area contributed by atoms with Crippen molar-refractivity contribution in [2.24, 2.45) is 0 Å². The van der Waals surface area contributed by atoms with Crippen molar-refractivity contribution in [2.45, 2.75) is 194 Å². The minimum Gasteiger partial charge on any atom is -0.462 e. The third kappa shape index (κ3) is 48.4. The first kappa shape index (κ1) is 58.6. The number of hydrogen-bond acceptors (Lipinski definition) is 6. The summed E-state index contributed by atoms with van der Waals surface area (Å²) in [4.78, 5) is 37.9. The fourth-order valence-corrected chi connectivity index (χ4v) is 6.10. The van der Waals surface area contributed by atoms with Crippen LogP contribution >= 0.6 is 0 Å². The van der Waals surface area contributed by atoms with Gasteiger partial charge in [0.2, 0.25) is 0 Å². The Morgan fingerprint density at radius 2 is 0.651 bits per heavy atom. The van der Waals surface area contributed by atoms with Gasteiger partial charge < -0.3 is 14.2 Å². The Morgan fingerprint density at radius 1 is 0.333 bits per heavy atom. The lowest BCUT2D eigenvalue weighted by Crippen LogP contribution is -2.30. The molecule has 0 amide bonds. The van der Waals surface area contributed by atoms with Crippen LogP contribution < -0.4 is 0 Å². The standard InChI is InChI=1S/C57H88O6/c1-4-7-10-13-16-19-22-25-28-30-32-35-38-41-44-47-50-56(59)62-53-54(52-61-55(58)49-46-43-40-37-34-31-27-24-21-18-15-12-9-6-3)63-57(60)51-48-45-42-39-36-33-29-26-23-20-17-14-11-8-5-2/h7-12,14,16-21,23,25-29,31-32,35,54H,4-6,13,15,22,24,30,33-34,36-53H2,1-3H3/b10-7-,11-8-,12-9-,17-14-,19-16-,21-18-,23-20-,28-25-,29-26-,31-27-,35-32-. The predicted octanol–water partition coefficient (Wildman–Crippen LogP) is 16.3. The first-order valence-electron chi connectivity index (χ1n) is 24.7. The molecule has 0 heterocycles. The second-order valence-corrected chi connectivity index (χ2v) is 15.7. The summed E-state index contributed by atoms with van der Waals surface area (Å²) in [5.74, 6) is -1.00. The van der Waals surface area contributed by atoms with Gasteiger partial charge in [-0.15, -0.1) is 0 Å². The van der Waals surface area contributed by atoms with E-state index in [0.29, 0.717) is 12.8 Å². The molecule has 0 aromatic rings. The average molecular weight is 869 g/mol. The maximum atomic E-state index is 12.8. The van der Waals surface area contributed by atoms with Crippen molar-refractivity contribution in [3.8, 4) is 0 Å². The Balaban J connectivity index is 4.56. The SMILES string of the molecule is CC\C=C/C=C\C=C/C=C\CCCCCCCC(=O)OC(COC(=O)CCCCC/C=C\C/C=C\C/C=C\C/C=C\CC)COC(=O)CCCCCC/C=C\C/C=C\C/C=C\CC. The van der Waals surface area contributed by atoms with Crippen LogP contribution in [-0.2, 0) is 28.6 Å². The first-order valence-corrected chi connectivity index (χ1v) is 24.7. The highest BCUT2D eigenvalue weighted by Crippen LogP contribution is 2.12. The van der Waals surface area contributed by atoms with E-state index in [4.69, 9.17) is 14.2 Å². The highest BCUT2D eigenvalue weighted by atomic mass is 16.6. The summed E-state index contributed by atoms with van der Waals surface area (Å²) in [6.07, 6.45) is 70.0. The molecule has 63 heavy (non-hydrogen) atoms. The van der Waals surface area contributed by atoms with Gasteiger partial charge in [-0.05, 0) is 109 Å². The van der Waals surface area contributed by atoms with Crippen LogP contribution in [0.2, 0.25) is 0 Å². The number of hydrogen-bond donors (Lipinski definition) is 0. The second-order valence-electron chi connectivity index (χ2n) is 15.7. The van der Waals surface area contributed by atoms with Gasteiger partial charge in [-0.1, -0.05) is 193 Å². The fourth-order valence-electron chi connectivity index (χ4n) is 6.10. The van der Waals surface area contributed by atoms with Crippen LogP contribution in [0.5, 0.6) is 0 Å². The van der Waals surface area contributed by atoms with E-state index in [1.807, 2.05) is 24.3 Å². The molecule has 0 saturated heterocycles. The molecule has 0 N–H and O–H groups in total. The summed E-state index contributed by atoms with van der Waals surface area (Å²) in [5, 5.41) is 0. The van der Waals surface area contributed by atoms with Crippen LogP contribution in [0.3, 0.4) is 0 Å². The third-order valence-corrected chi connectivity index (χ3v) is 9.73. The Labute approximate surface area is 385 Å². The Kier molecular flexibility index (Phi) is 46.7. The number of carbonyl (C=O) groups is 3. The second kappa shape index (κ2) is 50.2. The minimum atomic E-state index is -0.817. The van der Waals surface area contributed by atoms with E-state index in [1.165, 1.54) is 0 Å². The smallest absolute Gasteiger partial charge is 0.306 e. The molecule has 0 aliphatic rings. The van der Waals surface area contributed by atoms with E-state index in [-0.39, 0.29) is 37.5 Å². The van der Waals surface area contributed by atoms with Crippen LogP contribution in [0.15, 0.2) is 134 Å². The summed E-state index contributed by atoms with van der Waals surface area (Å²) in [7, 11) is 0. The van der Waals surface area contributed by atoms with Crippen LogP contribution in [-0.4, -0.2) is 37.2 Å². The summed E-state index contributed by atoms with van der Waals surface area (Å²) in [6.45, 7) is 6.18. The quantitative estimate of drug-likeness (QED) is 0.0200. The van der Waals surface area contributed by atoms with Gasteiger partial charge >= 0.3 is 17.9 Å². The molecule has 0 aliphatic heterocycles. The van der Waals surface area contributed by atoms with Gasteiger partial charge in [-0.2, -0.15) is 0 Å². The lowest BCUT2D eigenvalue weighted by molar-refractivity contribution is -0.167. The van der Waals surface area contributed by atoms with Gasteiger partial charge in [-0.3, -0.25) is 14.4 Å². The van der Waals surface area contributed by atoms with E-state index >= 15 is 0 Å². The monoisotopic (exact) mass is 869 g/mol. The van der Waals surface area contributed by atoms with Crippen LogP contribution in [0, 0.1) is 0 Å². The van der Waals surface area contributed by atoms with E-state index < -0.39 is 6.10 Å². The molecule has 0 saturated carbocycles. The molecular weight excluding hydrogens is 781 g/mol.